The average Bonchev–Trinajstić information content (AvgIpc) is 2.26. The first kappa shape index (κ1) is 14.4. The average molecular weight is 244 g/mol. The predicted molar refractivity (Wildman–Crippen MR) is 65.5 cm³/mol. The van der Waals surface area contributed by atoms with E-state index in [4.69, 9.17) is 10.5 Å². The standard InChI is InChI=1S/C12H24N2O3/c1-9(11(15)7-12(13)16)3-4-14-5-6-17-8-10(14)2/h9-11,15H,3-8H2,1-2H3,(H2,13,16)/t9-,10-,11+/m1/s1. The van der Waals surface area contributed by atoms with Gasteiger partial charge in [-0.05, 0) is 25.8 Å². The number of carbonyl (C=O) groups excluding carboxylic acids is 1. The third-order valence-corrected chi connectivity index (χ3v) is 3.44. The summed E-state index contributed by atoms with van der Waals surface area (Å²) in [6, 6.07) is 0.434. The largest absolute Gasteiger partial charge is 0.392 e. The minimum atomic E-state index is -0.621. The van der Waals surface area contributed by atoms with Gasteiger partial charge in [0.2, 0.25) is 5.91 Å². The first-order valence-corrected chi connectivity index (χ1v) is 6.29. The lowest BCUT2D eigenvalue weighted by Gasteiger charge is -2.34. The Morgan fingerprint density at radius 2 is 2.35 bits per heavy atom. The number of ether oxygens (including phenoxy) is 1. The molecule has 1 aliphatic heterocycles. The number of hydrogen-bond donors (Lipinski definition) is 2. The van der Waals surface area contributed by atoms with Crippen molar-refractivity contribution < 1.29 is 14.6 Å². The molecule has 0 radical (unpaired) electrons. The number of carbonyl (C=O) groups is 1. The molecular formula is C12H24N2O3. The number of nitrogens with zero attached hydrogens (tertiary/aromatic N) is 1. The molecule has 0 spiro atoms. The van der Waals surface area contributed by atoms with E-state index in [1.54, 1.807) is 0 Å². The number of aliphatic hydroxyl groups is 1. The number of hydrogen-bond acceptors (Lipinski definition) is 4. The second-order valence-corrected chi connectivity index (χ2v) is 4.96. The molecule has 1 aliphatic rings. The highest BCUT2D eigenvalue weighted by molar-refractivity contribution is 5.74. The van der Waals surface area contributed by atoms with Crippen LogP contribution in [0.2, 0.25) is 0 Å². The monoisotopic (exact) mass is 244 g/mol. The zero-order valence-electron chi connectivity index (χ0n) is 10.8. The molecule has 0 saturated carbocycles. The molecule has 3 N–H and O–H groups in total. The highest BCUT2D eigenvalue weighted by atomic mass is 16.5. The summed E-state index contributed by atoms with van der Waals surface area (Å²) in [5.74, 6) is -0.346. The summed E-state index contributed by atoms with van der Waals surface area (Å²) >= 11 is 0. The highest BCUT2D eigenvalue weighted by Gasteiger charge is 2.21. The fourth-order valence-corrected chi connectivity index (χ4v) is 2.06. The number of morpholine rings is 1. The van der Waals surface area contributed by atoms with Gasteiger partial charge in [-0.3, -0.25) is 9.69 Å². The second kappa shape index (κ2) is 6.93. The maximum Gasteiger partial charge on any atom is 0.220 e. The molecule has 1 saturated heterocycles. The van der Waals surface area contributed by atoms with E-state index in [1.807, 2.05) is 6.92 Å². The van der Waals surface area contributed by atoms with Crippen LogP contribution in [0.25, 0.3) is 0 Å². The van der Waals surface area contributed by atoms with Crippen molar-refractivity contribution in [2.75, 3.05) is 26.3 Å². The molecule has 5 heteroatoms. The summed E-state index contributed by atoms with van der Waals surface area (Å²) < 4.78 is 5.37. The molecule has 1 heterocycles. The molecule has 1 rings (SSSR count). The van der Waals surface area contributed by atoms with Gasteiger partial charge in [0.25, 0.3) is 0 Å². The molecule has 17 heavy (non-hydrogen) atoms. The zero-order valence-corrected chi connectivity index (χ0v) is 10.8. The number of amides is 1. The SMILES string of the molecule is C[C@H](CCN1CCOC[C@H]1C)[C@@H](O)CC(N)=O. The van der Waals surface area contributed by atoms with Crippen molar-refractivity contribution in [1.82, 2.24) is 4.90 Å². The molecule has 0 aliphatic carbocycles. The smallest absolute Gasteiger partial charge is 0.220 e. The van der Waals surface area contributed by atoms with Crippen molar-refractivity contribution in [3.63, 3.8) is 0 Å². The summed E-state index contributed by atoms with van der Waals surface area (Å²) in [6.07, 6.45) is 0.308. The van der Waals surface area contributed by atoms with Gasteiger partial charge in [-0.15, -0.1) is 0 Å². The van der Waals surface area contributed by atoms with Crippen molar-refractivity contribution in [2.24, 2.45) is 11.7 Å². The van der Waals surface area contributed by atoms with E-state index < -0.39 is 12.0 Å². The van der Waals surface area contributed by atoms with Crippen molar-refractivity contribution in [1.29, 1.82) is 0 Å². The van der Waals surface area contributed by atoms with Gasteiger partial charge in [-0.25, -0.2) is 0 Å². The lowest BCUT2D eigenvalue weighted by molar-refractivity contribution is -0.120. The van der Waals surface area contributed by atoms with Gasteiger partial charge in [-0.2, -0.15) is 0 Å². The van der Waals surface area contributed by atoms with Crippen LogP contribution in [0.4, 0.5) is 0 Å². The van der Waals surface area contributed by atoms with Gasteiger partial charge < -0.3 is 15.6 Å². The van der Waals surface area contributed by atoms with Crippen LogP contribution in [0.15, 0.2) is 0 Å². The third kappa shape index (κ3) is 5.02. The molecule has 1 amide bonds. The van der Waals surface area contributed by atoms with E-state index in [-0.39, 0.29) is 12.3 Å². The van der Waals surface area contributed by atoms with Crippen molar-refractivity contribution in [3.8, 4) is 0 Å². The Bertz CT molecular complexity index is 248. The van der Waals surface area contributed by atoms with Crippen LogP contribution in [0.1, 0.15) is 26.7 Å². The van der Waals surface area contributed by atoms with Gasteiger partial charge in [0.1, 0.15) is 0 Å². The highest BCUT2D eigenvalue weighted by Crippen LogP contribution is 2.14. The van der Waals surface area contributed by atoms with Crippen LogP contribution < -0.4 is 5.73 Å². The maximum absolute atomic E-state index is 10.7. The van der Waals surface area contributed by atoms with Crippen molar-refractivity contribution in [2.45, 2.75) is 38.8 Å². The zero-order chi connectivity index (χ0) is 12.8. The molecule has 0 unspecified atom stereocenters. The predicted octanol–water partition coefficient (Wildman–Crippen LogP) is -0.0304. The molecule has 0 bridgehead atoms. The third-order valence-electron chi connectivity index (χ3n) is 3.44. The van der Waals surface area contributed by atoms with Crippen LogP contribution in [0.3, 0.4) is 0 Å². The van der Waals surface area contributed by atoms with E-state index in [2.05, 4.69) is 11.8 Å². The van der Waals surface area contributed by atoms with Crippen LogP contribution in [-0.2, 0) is 9.53 Å². The van der Waals surface area contributed by atoms with E-state index >= 15 is 0 Å². The Morgan fingerprint density at radius 3 is 2.94 bits per heavy atom. The quantitative estimate of drug-likeness (QED) is 0.688. The molecule has 0 aromatic carbocycles. The van der Waals surface area contributed by atoms with Crippen LogP contribution in [-0.4, -0.2) is 54.4 Å². The number of primary amides is 1. The minimum Gasteiger partial charge on any atom is -0.392 e. The Kier molecular flexibility index (Phi) is 5.88. The summed E-state index contributed by atoms with van der Waals surface area (Å²) in [5.41, 5.74) is 5.07. The summed E-state index contributed by atoms with van der Waals surface area (Å²) in [6.45, 7) is 7.53. The second-order valence-electron chi connectivity index (χ2n) is 4.96. The van der Waals surface area contributed by atoms with Crippen LogP contribution in [0, 0.1) is 5.92 Å². The van der Waals surface area contributed by atoms with Crippen LogP contribution >= 0.6 is 0 Å². The van der Waals surface area contributed by atoms with E-state index in [9.17, 15) is 9.90 Å². The van der Waals surface area contributed by atoms with Gasteiger partial charge in [0, 0.05) is 12.6 Å². The number of nitrogens with two attached hydrogens (primary N) is 1. The maximum atomic E-state index is 10.7. The molecule has 0 aromatic rings. The summed E-state index contributed by atoms with van der Waals surface area (Å²) in [4.78, 5) is 13.1. The fraction of sp³-hybridized carbons (Fsp3) is 0.917. The summed E-state index contributed by atoms with van der Waals surface area (Å²) in [5, 5.41) is 9.74. The van der Waals surface area contributed by atoms with Gasteiger partial charge >= 0.3 is 0 Å². The Morgan fingerprint density at radius 1 is 1.65 bits per heavy atom. The van der Waals surface area contributed by atoms with Crippen LogP contribution in [0.5, 0.6) is 0 Å². The normalized spacial score (nSPS) is 25.5. The Labute approximate surface area is 103 Å². The topological polar surface area (TPSA) is 75.8 Å². The fourth-order valence-electron chi connectivity index (χ4n) is 2.06. The van der Waals surface area contributed by atoms with Gasteiger partial charge in [-0.1, -0.05) is 6.92 Å². The van der Waals surface area contributed by atoms with E-state index in [0.717, 1.165) is 32.7 Å². The van der Waals surface area contributed by atoms with Gasteiger partial charge in [0.15, 0.2) is 0 Å². The number of aliphatic hydroxyl groups excluding tert-OH is 1. The lowest BCUT2D eigenvalue weighted by Crippen LogP contribution is -2.44. The first-order chi connectivity index (χ1) is 8.00. The molecule has 0 aromatic heterocycles. The summed E-state index contributed by atoms with van der Waals surface area (Å²) in [7, 11) is 0. The van der Waals surface area contributed by atoms with E-state index in [0.29, 0.717) is 6.04 Å². The number of rotatable bonds is 6. The Balaban J connectivity index is 2.26. The van der Waals surface area contributed by atoms with E-state index in [1.165, 1.54) is 0 Å². The molecule has 100 valence electrons. The Hall–Kier alpha value is -0.650. The molecule has 3 atom stereocenters. The van der Waals surface area contributed by atoms with Gasteiger partial charge in [0.05, 0.1) is 25.7 Å². The van der Waals surface area contributed by atoms with Crippen molar-refractivity contribution >= 4 is 5.91 Å². The first-order valence-electron chi connectivity index (χ1n) is 6.29. The van der Waals surface area contributed by atoms with Crippen molar-refractivity contribution in [3.05, 3.63) is 0 Å². The minimum absolute atomic E-state index is 0.0554. The molecule has 1 fully saturated rings. The molecular weight excluding hydrogens is 220 g/mol. The molecule has 5 nitrogen and oxygen atoms in total. The lowest BCUT2D eigenvalue weighted by atomic mass is 9.97.